The largest absolute Gasteiger partial charge is 0.399 e. The van der Waals surface area contributed by atoms with Gasteiger partial charge in [0.25, 0.3) is 11.6 Å². The van der Waals surface area contributed by atoms with E-state index < -0.39 is 4.92 Å². The molecule has 2 rings (SSSR count). The summed E-state index contributed by atoms with van der Waals surface area (Å²) in [5.74, 6) is -0.363. The van der Waals surface area contributed by atoms with Crippen molar-refractivity contribution in [3.8, 4) is 0 Å². The summed E-state index contributed by atoms with van der Waals surface area (Å²) in [5, 5.41) is 11.1. The van der Waals surface area contributed by atoms with Crippen molar-refractivity contribution in [3.05, 3.63) is 33.9 Å². The lowest BCUT2D eigenvalue weighted by Crippen LogP contribution is -2.43. The Kier molecular flexibility index (Phi) is 4.74. The molecule has 7 heteroatoms. The molecule has 0 aliphatic carbocycles. The number of nitro benzene ring substituents is 1. The Labute approximate surface area is 122 Å². The molecule has 0 spiro atoms. The molecule has 21 heavy (non-hydrogen) atoms. The Balaban J connectivity index is 2.23. The van der Waals surface area contributed by atoms with E-state index in [2.05, 4.69) is 0 Å². The van der Waals surface area contributed by atoms with Gasteiger partial charge in [-0.3, -0.25) is 14.9 Å². The number of carbonyl (C=O) groups excluding carboxylic acids is 1. The highest BCUT2D eigenvalue weighted by atomic mass is 16.6. The molecule has 1 saturated heterocycles. The molecule has 0 saturated carbocycles. The molecule has 1 fully saturated rings. The first-order valence-electron chi connectivity index (χ1n) is 6.97. The monoisotopic (exact) mass is 293 g/mol. The van der Waals surface area contributed by atoms with Gasteiger partial charge >= 0.3 is 0 Å². The topological polar surface area (TPSA) is 98.7 Å². The molecule has 2 N–H and O–H groups in total. The number of piperidine rings is 1. The molecule has 1 heterocycles. The number of nitro groups is 1. The number of nitrogens with two attached hydrogens (primary N) is 1. The van der Waals surface area contributed by atoms with Crippen molar-refractivity contribution in [2.24, 2.45) is 0 Å². The van der Waals surface area contributed by atoms with Gasteiger partial charge in [0.1, 0.15) is 5.56 Å². The van der Waals surface area contributed by atoms with Gasteiger partial charge in [-0.05, 0) is 31.9 Å². The smallest absolute Gasteiger partial charge is 0.282 e. The minimum atomic E-state index is -0.559. The molecule has 1 aliphatic heterocycles. The lowest BCUT2D eigenvalue weighted by atomic mass is 10.1. The average molecular weight is 293 g/mol. The molecule has 1 atom stereocenters. The van der Waals surface area contributed by atoms with E-state index in [-0.39, 0.29) is 23.3 Å². The molecule has 1 aromatic carbocycles. The number of ether oxygens (including phenoxy) is 1. The standard InChI is InChI=1S/C14H19N3O4/c1-2-21-11-4-3-7-16(9-11)14(18)12-8-10(15)5-6-13(12)17(19)20/h5-6,8,11H,2-4,7,9,15H2,1H3. The van der Waals surface area contributed by atoms with E-state index in [1.54, 1.807) is 4.90 Å². The van der Waals surface area contributed by atoms with Gasteiger partial charge in [0.2, 0.25) is 0 Å². The quantitative estimate of drug-likeness (QED) is 0.518. The van der Waals surface area contributed by atoms with Crippen LogP contribution in [-0.2, 0) is 4.74 Å². The summed E-state index contributed by atoms with van der Waals surface area (Å²) in [5.41, 5.74) is 5.81. The summed E-state index contributed by atoms with van der Waals surface area (Å²) >= 11 is 0. The van der Waals surface area contributed by atoms with Crippen LogP contribution in [0.1, 0.15) is 30.1 Å². The van der Waals surface area contributed by atoms with E-state index >= 15 is 0 Å². The average Bonchev–Trinajstić information content (AvgIpc) is 2.46. The Bertz CT molecular complexity index is 545. The SMILES string of the molecule is CCOC1CCCN(C(=O)c2cc(N)ccc2[N+](=O)[O-])C1. The molecule has 1 unspecified atom stereocenters. The van der Waals surface area contributed by atoms with E-state index in [0.717, 1.165) is 12.8 Å². The zero-order valence-corrected chi connectivity index (χ0v) is 11.9. The molecule has 0 radical (unpaired) electrons. The number of hydrogen-bond donors (Lipinski definition) is 1. The Morgan fingerprint density at radius 3 is 3.00 bits per heavy atom. The molecular weight excluding hydrogens is 274 g/mol. The van der Waals surface area contributed by atoms with Gasteiger partial charge in [-0.2, -0.15) is 0 Å². The Morgan fingerprint density at radius 1 is 1.57 bits per heavy atom. The van der Waals surface area contributed by atoms with E-state index in [4.69, 9.17) is 10.5 Å². The van der Waals surface area contributed by atoms with Crippen LogP contribution in [-0.4, -0.2) is 41.5 Å². The lowest BCUT2D eigenvalue weighted by Gasteiger charge is -2.32. The van der Waals surface area contributed by atoms with Gasteiger partial charge in [-0.15, -0.1) is 0 Å². The first-order chi connectivity index (χ1) is 10.0. The summed E-state index contributed by atoms with van der Waals surface area (Å²) < 4.78 is 5.55. The highest BCUT2D eigenvalue weighted by Crippen LogP contribution is 2.24. The number of hydrogen-bond acceptors (Lipinski definition) is 5. The van der Waals surface area contributed by atoms with Crippen LogP contribution in [0.5, 0.6) is 0 Å². The molecular formula is C14H19N3O4. The van der Waals surface area contributed by atoms with Gasteiger partial charge in [0, 0.05) is 31.5 Å². The third kappa shape index (κ3) is 3.49. The Hall–Kier alpha value is -2.15. The van der Waals surface area contributed by atoms with E-state index in [1.165, 1.54) is 18.2 Å². The summed E-state index contributed by atoms with van der Waals surface area (Å²) in [6.07, 6.45) is 1.72. The second-order valence-electron chi connectivity index (χ2n) is 5.00. The first-order valence-corrected chi connectivity index (χ1v) is 6.97. The number of likely N-dealkylation sites (tertiary alicyclic amines) is 1. The Morgan fingerprint density at radius 2 is 2.33 bits per heavy atom. The maximum atomic E-state index is 12.5. The summed E-state index contributed by atoms with van der Waals surface area (Å²) in [6.45, 7) is 3.53. The normalized spacial score (nSPS) is 18.5. The number of nitrogen functional groups attached to an aromatic ring is 1. The van der Waals surface area contributed by atoms with Crippen LogP contribution < -0.4 is 5.73 Å². The molecule has 1 amide bonds. The molecule has 7 nitrogen and oxygen atoms in total. The van der Waals surface area contributed by atoms with Gasteiger partial charge in [-0.25, -0.2) is 0 Å². The number of benzene rings is 1. The van der Waals surface area contributed by atoms with Crippen LogP contribution in [0.2, 0.25) is 0 Å². The molecule has 1 aromatic rings. The minimum absolute atomic E-state index is 0.00665. The fourth-order valence-corrected chi connectivity index (χ4v) is 2.55. The summed E-state index contributed by atoms with van der Waals surface area (Å²) in [7, 11) is 0. The van der Waals surface area contributed by atoms with Crippen molar-refractivity contribution >= 4 is 17.3 Å². The number of nitrogens with zero attached hydrogens (tertiary/aromatic N) is 2. The van der Waals surface area contributed by atoms with Crippen LogP contribution in [0.4, 0.5) is 11.4 Å². The van der Waals surface area contributed by atoms with E-state index in [0.29, 0.717) is 25.4 Å². The van der Waals surface area contributed by atoms with Crippen LogP contribution in [0.15, 0.2) is 18.2 Å². The van der Waals surface area contributed by atoms with Crippen molar-refractivity contribution < 1.29 is 14.5 Å². The number of anilines is 1. The van der Waals surface area contributed by atoms with Crippen molar-refractivity contribution in [2.75, 3.05) is 25.4 Å². The molecule has 0 bridgehead atoms. The lowest BCUT2D eigenvalue weighted by molar-refractivity contribution is -0.385. The zero-order chi connectivity index (χ0) is 15.4. The van der Waals surface area contributed by atoms with Crippen LogP contribution >= 0.6 is 0 Å². The van der Waals surface area contributed by atoms with Crippen LogP contribution in [0.3, 0.4) is 0 Å². The van der Waals surface area contributed by atoms with Crippen molar-refractivity contribution in [1.82, 2.24) is 4.90 Å². The molecule has 0 aromatic heterocycles. The number of carbonyl (C=O) groups is 1. The summed E-state index contributed by atoms with van der Waals surface area (Å²) in [6, 6.07) is 4.06. The van der Waals surface area contributed by atoms with Crippen LogP contribution in [0.25, 0.3) is 0 Å². The third-order valence-corrected chi connectivity index (χ3v) is 3.52. The maximum absolute atomic E-state index is 12.5. The van der Waals surface area contributed by atoms with Gasteiger partial charge in [-0.1, -0.05) is 0 Å². The van der Waals surface area contributed by atoms with Crippen molar-refractivity contribution in [3.63, 3.8) is 0 Å². The van der Waals surface area contributed by atoms with E-state index in [9.17, 15) is 14.9 Å². The maximum Gasteiger partial charge on any atom is 0.282 e. The van der Waals surface area contributed by atoms with E-state index in [1.807, 2.05) is 6.92 Å². The number of amides is 1. The highest BCUT2D eigenvalue weighted by molar-refractivity contribution is 5.99. The van der Waals surface area contributed by atoms with Crippen molar-refractivity contribution in [1.29, 1.82) is 0 Å². The molecule has 1 aliphatic rings. The van der Waals surface area contributed by atoms with Gasteiger partial charge < -0.3 is 15.4 Å². The second-order valence-corrected chi connectivity index (χ2v) is 5.00. The van der Waals surface area contributed by atoms with Gasteiger partial charge in [0.05, 0.1) is 11.0 Å². The third-order valence-electron chi connectivity index (χ3n) is 3.52. The predicted octanol–water partition coefficient (Wildman–Crippen LogP) is 1.82. The van der Waals surface area contributed by atoms with Gasteiger partial charge in [0.15, 0.2) is 0 Å². The van der Waals surface area contributed by atoms with Crippen LogP contribution in [0, 0.1) is 10.1 Å². The van der Waals surface area contributed by atoms with Crippen molar-refractivity contribution in [2.45, 2.75) is 25.9 Å². The minimum Gasteiger partial charge on any atom is -0.399 e. The first kappa shape index (κ1) is 15.2. The fraction of sp³-hybridized carbons (Fsp3) is 0.500. The zero-order valence-electron chi connectivity index (χ0n) is 11.9. The fourth-order valence-electron chi connectivity index (χ4n) is 2.55. The molecule has 114 valence electrons. The summed E-state index contributed by atoms with van der Waals surface area (Å²) in [4.78, 5) is 24.6. The highest BCUT2D eigenvalue weighted by Gasteiger charge is 2.29. The second kappa shape index (κ2) is 6.53. The predicted molar refractivity (Wildman–Crippen MR) is 78.1 cm³/mol. The number of rotatable bonds is 4.